The van der Waals surface area contributed by atoms with Gasteiger partial charge < -0.3 is 5.32 Å². The molecule has 3 heteroatoms. The van der Waals surface area contributed by atoms with E-state index in [9.17, 15) is 4.39 Å². The molecular formula is C16H25ClFN. The molecule has 0 saturated heterocycles. The van der Waals surface area contributed by atoms with Gasteiger partial charge >= 0.3 is 0 Å². The fourth-order valence-corrected chi connectivity index (χ4v) is 2.40. The van der Waals surface area contributed by atoms with Crippen molar-refractivity contribution < 1.29 is 4.39 Å². The van der Waals surface area contributed by atoms with E-state index in [0.717, 1.165) is 37.8 Å². The van der Waals surface area contributed by atoms with Crippen LogP contribution in [-0.4, -0.2) is 12.6 Å². The summed E-state index contributed by atoms with van der Waals surface area (Å²) in [4.78, 5) is 0. The lowest BCUT2D eigenvalue weighted by molar-refractivity contribution is 0.370. The summed E-state index contributed by atoms with van der Waals surface area (Å²) < 4.78 is 13.6. The number of rotatable bonds is 8. The molecule has 0 amide bonds. The van der Waals surface area contributed by atoms with E-state index < -0.39 is 0 Å². The molecule has 108 valence electrons. The van der Waals surface area contributed by atoms with Gasteiger partial charge in [0.15, 0.2) is 0 Å². The number of nitrogens with one attached hydrogen (secondary N) is 1. The Hall–Kier alpha value is -0.600. The van der Waals surface area contributed by atoms with Gasteiger partial charge in [-0.05, 0) is 55.8 Å². The van der Waals surface area contributed by atoms with Gasteiger partial charge in [0.2, 0.25) is 0 Å². The molecule has 0 aliphatic carbocycles. The highest BCUT2D eigenvalue weighted by atomic mass is 35.5. The average molecular weight is 286 g/mol. The van der Waals surface area contributed by atoms with Gasteiger partial charge in [-0.3, -0.25) is 0 Å². The fourth-order valence-electron chi connectivity index (χ4n) is 2.24. The Kier molecular flexibility index (Phi) is 7.40. The highest BCUT2D eigenvalue weighted by Crippen LogP contribution is 2.18. The normalized spacial score (nSPS) is 12.9. The summed E-state index contributed by atoms with van der Waals surface area (Å²) in [7, 11) is 0. The summed E-state index contributed by atoms with van der Waals surface area (Å²) >= 11 is 5.75. The summed E-state index contributed by atoms with van der Waals surface area (Å²) in [6.07, 6.45) is 4.01. The van der Waals surface area contributed by atoms with Crippen molar-refractivity contribution in [2.45, 2.75) is 52.5 Å². The summed E-state index contributed by atoms with van der Waals surface area (Å²) in [5.74, 6) is 0.428. The molecule has 19 heavy (non-hydrogen) atoms. The SMILES string of the molecule is CCCNC(CCCc1ccc(Cl)cc1F)C(C)C. The van der Waals surface area contributed by atoms with Crippen LogP contribution in [0.3, 0.4) is 0 Å². The van der Waals surface area contributed by atoms with Crippen LogP contribution < -0.4 is 5.32 Å². The molecule has 0 fully saturated rings. The van der Waals surface area contributed by atoms with Crippen LogP contribution in [0.15, 0.2) is 18.2 Å². The first-order valence-electron chi connectivity index (χ1n) is 7.22. The Balaban J connectivity index is 2.42. The first-order chi connectivity index (χ1) is 9.04. The zero-order valence-electron chi connectivity index (χ0n) is 12.2. The maximum atomic E-state index is 13.6. The summed E-state index contributed by atoms with van der Waals surface area (Å²) in [6, 6.07) is 5.47. The Bertz CT molecular complexity index is 379. The minimum absolute atomic E-state index is 0.185. The summed E-state index contributed by atoms with van der Waals surface area (Å²) in [6.45, 7) is 7.69. The lowest BCUT2D eigenvalue weighted by Crippen LogP contribution is -2.34. The van der Waals surface area contributed by atoms with Gasteiger partial charge in [0.1, 0.15) is 5.82 Å². The molecule has 0 saturated carbocycles. The van der Waals surface area contributed by atoms with Crippen LogP contribution in [0, 0.1) is 11.7 Å². The Labute approximate surface area is 121 Å². The standard InChI is InChI=1S/C16H25ClFN/c1-4-10-19-16(12(2)3)7-5-6-13-8-9-14(17)11-15(13)18/h8-9,11-12,16,19H,4-7,10H2,1-3H3. The van der Waals surface area contributed by atoms with Crippen LogP contribution in [0.4, 0.5) is 4.39 Å². The van der Waals surface area contributed by atoms with Gasteiger partial charge in [-0.1, -0.05) is 38.4 Å². The number of aryl methyl sites for hydroxylation is 1. The monoisotopic (exact) mass is 285 g/mol. The van der Waals surface area contributed by atoms with Crippen molar-refractivity contribution in [2.24, 2.45) is 5.92 Å². The highest BCUT2D eigenvalue weighted by molar-refractivity contribution is 6.30. The van der Waals surface area contributed by atoms with Gasteiger partial charge in [0.25, 0.3) is 0 Å². The van der Waals surface area contributed by atoms with Gasteiger partial charge in [-0.25, -0.2) is 4.39 Å². The quantitative estimate of drug-likeness (QED) is 0.722. The third-order valence-corrected chi connectivity index (χ3v) is 3.67. The van der Waals surface area contributed by atoms with E-state index in [1.807, 2.05) is 0 Å². The maximum Gasteiger partial charge on any atom is 0.127 e. The molecule has 1 nitrogen and oxygen atoms in total. The van der Waals surface area contributed by atoms with Crippen LogP contribution in [0.1, 0.15) is 45.6 Å². The molecule has 0 radical (unpaired) electrons. The minimum atomic E-state index is -0.185. The lowest BCUT2D eigenvalue weighted by atomic mass is 9.96. The van der Waals surface area contributed by atoms with E-state index in [-0.39, 0.29) is 5.82 Å². The van der Waals surface area contributed by atoms with Gasteiger partial charge in [-0.15, -0.1) is 0 Å². The second-order valence-electron chi connectivity index (χ2n) is 5.43. The van der Waals surface area contributed by atoms with Crippen LogP contribution in [0.2, 0.25) is 5.02 Å². The van der Waals surface area contributed by atoms with Crippen LogP contribution in [0.25, 0.3) is 0 Å². The van der Waals surface area contributed by atoms with Crippen molar-refractivity contribution in [1.29, 1.82) is 0 Å². The predicted molar refractivity (Wildman–Crippen MR) is 81.3 cm³/mol. The largest absolute Gasteiger partial charge is 0.314 e. The molecule has 0 spiro atoms. The molecule has 0 aromatic heterocycles. The zero-order valence-corrected chi connectivity index (χ0v) is 12.9. The minimum Gasteiger partial charge on any atom is -0.314 e. The molecule has 1 aromatic rings. The van der Waals surface area contributed by atoms with Crippen LogP contribution in [-0.2, 0) is 6.42 Å². The highest BCUT2D eigenvalue weighted by Gasteiger charge is 2.12. The van der Waals surface area contributed by atoms with E-state index >= 15 is 0 Å². The molecule has 0 heterocycles. The van der Waals surface area contributed by atoms with E-state index in [4.69, 9.17) is 11.6 Å². The first-order valence-corrected chi connectivity index (χ1v) is 7.59. The van der Waals surface area contributed by atoms with Crippen molar-refractivity contribution in [1.82, 2.24) is 5.32 Å². The van der Waals surface area contributed by atoms with Crippen LogP contribution >= 0.6 is 11.6 Å². The van der Waals surface area contributed by atoms with Gasteiger partial charge in [0, 0.05) is 11.1 Å². The smallest absolute Gasteiger partial charge is 0.127 e. The van der Waals surface area contributed by atoms with E-state index in [2.05, 4.69) is 26.1 Å². The molecule has 1 aromatic carbocycles. The number of hydrogen-bond donors (Lipinski definition) is 1. The second kappa shape index (κ2) is 8.55. The van der Waals surface area contributed by atoms with Gasteiger partial charge in [0.05, 0.1) is 0 Å². The molecule has 1 rings (SSSR count). The van der Waals surface area contributed by atoms with E-state index in [1.165, 1.54) is 6.07 Å². The number of halogens is 2. The Morgan fingerprint density at radius 1 is 1.32 bits per heavy atom. The molecule has 0 aliphatic rings. The van der Waals surface area contributed by atoms with Crippen molar-refractivity contribution in [3.8, 4) is 0 Å². The Morgan fingerprint density at radius 2 is 2.05 bits per heavy atom. The van der Waals surface area contributed by atoms with E-state index in [1.54, 1.807) is 12.1 Å². The molecule has 0 aliphatic heterocycles. The summed E-state index contributed by atoms with van der Waals surface area (Å²) in [5, 5.41) is 4.03. The molecular weight excluding hydrogens is 261 g/mol. The van der Waals surface area contributed by atoms with E-state index in [0.29, 0.717) is 17.0 Å². The van der Waals surface area contributed by atoms with Gasteiger partial charge in [-0.2, -0.15) is 0 Å². The zero-order chi connectivity index (χ0) is 14.3. The number of hydrogen-bond acceptors (Lipinski definition) is 1. The summed E-state index contributed by atoms with van der Waals surface area (Å²) in [5.41, 5.74) is 0.766. The number of benzene rings is 1. The van der Waals surface area contributed by atoms with Crippen molar-refractivity contribution in [3.05, 3.63) is 34.6 Å². The predicted octanol–water partition coefficient (Wildman–Crippen LogP) is 4.83. The molecule has 1 atom stereocenters. The third kappa shape index (κ3) is 5.92. The van der Waals surface area contributed by atoms with Crippen LogP contribution in [0.5, 0.6) is 0 Å². The lowest BCUT2D eigenvalue weighted by Gasteiger charge is -2.22. The molecule has 0 bridgehead atoms. The topological polar surface area (TPSA) is 12.0 Å². The third-order valence-electron chi connectivity index (χ3n) is 3.44. The van der Waals surface area contributed by atoms with Crippen molar-refractivity contribution in [2.75, 3.05) is 6.54 Å². The maximum absolute atomic E-state index is 13.6. The fraction of sp³-hybridized carbons (Fsp3) is 0.625. The second-order valence-corrected chi connectivity index (χ2v) is 5.87. The van der Waals surface area contributed by atoms with Crippen molar-refractivity contribution in [3.63, 3.8) is 0 Å². The molecule has 1 N–H and O–H groups in total. The average Bonchev–Trinajstić information content (AvgIpc) is 2.35. The first kappa shape index (κ1) is 16.5. The molecule has 1 unspecified atom stereocenters. The Morgan fingerprint density at radius 3 is 2.63 bits per heavy atom. The van der Waals surface area contributed by atoms with Crippen molar-refractivity contribution >= 4 is 11.6 Å².